The molecule has 18 heavy (non-hydrogen) atoms. The van der Waals surface area contributed by atoms with Gasteiger partial charge in [-0.15, -0.1) is 0 Å². The highest BCUT2D eigenvalue weighted by Gasteiger charge is 2.04. The molecule has 3 nitrogen and oxygen atoms in total. The summed E-state index contributed by atoms with van der Waals surface area (Å²) in [5, 5.41) is 0. The first kappa shape index (κ1) is 15.3. The van der Waals surface area contributed by atoms with Crippen molar-refractivity contribution >= 4 is 21.7 Å². The van der Waals surface area contributed by atoms with Crippen LogP contribution in [0.15, 0.2) is 28.7 Å². The summed E-state index contributed by atoms with van der Waals surface area (Å²) in [6, 6.07) is 7.45. The van der Waals surface area contributed by atoms with Gasteiger partial charge >= 0.3 is 0 Å². The number of carbonyl (C=O) groups excluding carboxylic acids is 1. The molecule has 0 saturated heterocycles. The van der Waals surface area contributed by atoms with E-state index in [-0.39, 0.29) is 5.78 Å². The first-order valence-electron chi connectivity index (χ1n) is 6.09. The minimum Gasteiger partial charge on any atom is -0.385 e. The number of methoxy groups -OCH3 is 1. The number of carbonyl (C=O) groups is 1. The van der Waals surface area contributed by atoms with Gasteiger partial charge in [0.05, 0.1) is 0 Å². The molecule has 0 aliphatic carbocycles. The summed E-state index contributed by atoms with van der Waals surface area (Å²) in [6.45, 7) is 2.05. The SMILES string of the molecule is COCCCOCCCC(=O)c1ccc(Br)cc1. The highest BCUT2D eigenvalue weighted by molar-refractivity contribution is 9.10. The van der Waals surface area contributed by atoms with E-state index in [1.807, 2.05) is 24.3 Å². The average Bonchev–Trinajstić information content (AvgIpc) is 2.38. The zero-order valence-electron chi connectivity index (χ0n) is 10.7. The number of rotatable bonds is 9. The van der Waals surface area contributed by atoms with Gasteiger partial charge in [-0.05, 0) is 25.0 Å². The molecule has 0 spiro atoms. The van der Waals surface area contributed by atoms with Gasteiger partial charge in [0, 0.05) is 43.4 Å². The molecular formula is C14H19BrO3. The van der Waals surface area contributed by atoms with Crippen LogP contribution in [0.1, 0.15) is 29.6 Å². The molecular weight excluding hydrogens is 296 g/mol. The van der Waals surface area contributed by atoms with Gasteiger partial charge in [0.15, 0.2) is 5.78 Å². The fourth-order valence-electron chi connectivity index (χ4n) is 1.52. The number of Topliss-reactive ketones (excluding diaryl/α,β-unsaturated/α-hetero) is 1. The van der Waals surface area contributed by atoms with Crippen LogP contribution in [0.2, 0.25) is 0 Å². The van der Waals surface area contributed by atoms with Crippen LogP contribution in [0.3, 0.4) is 0 Å². The molecule has 1 aromatic rings. The third kappa shape index (κ3) is 6.28. The summed E-state index contributed by atoms with van der Waals surface area (Å²) >= 11 is 3.35. The number of ketones is 1. The van der Waals surface area contributed by atoms with Gasteiger partial charge in [-0.3, -0.25) is 4.79 Å². The Morgan fingerprint density at radius 3 is 2.44 bits per heavy atom. The lowest BCUT2D eigenvalue weighted by Crippen LogP contribution is -2.04. The van der Waals surface area contributed by atoms with Crippen molar-refractivity contribution in [3.63, 3.8) is 0 Å². The summed E-state index contributed by atoms with van der Waals surface area (Å²) in [6.07, 6.45) is 2.20. The van der Waals surface area contributed by atoms with Crippen molar-refractivity contribution in [3.8, 4) is 0 Å². The smallest absolute Gasteiger partial charge is 0.162 e. The van der Waals surface area contributed by atoms with Crippen molar-refractivity contribution in [1.29, 1.82) is 0 Å². The maximum Gasteiger partial charge on any atom is 0.162 e. The summed E-state index contributed by atoms with van der Waals surface area (Å²) in [5.41, 5.74) is 0.762. The number of ether oxygens (including phenoxy) is 2. The third-order valence-electron chi connectivity index (χ3n) is 2.50. The molecule has 0 aliphatic rings. The maximum atomic E-state index is 11.8. The van der Waals surface area contributed by atoms with Gasteiger partial charge in [0.25, 0.3) is 0 Å². The molecule has 0 radical (unpaired) electrons. The lowest BCUT2D eigenvalue weighted by molar-refractivity contribution is 0.0887. The van der Waals surface area contributed by atoms with Crippen LogP contribution in [-0.2, 0) is 9.47 Å². The molecule has 4 heteroatoms. The topological polar surface area (TPSA) is 35.5 Å². The van der Waals surface area contributed by atoms with Crippen molar-refractivity contribution in [3.05, 3.63) is 34.3 Å². The predicted molar refractivity (Wildman–Crippen MR) is 75.0 cm³/mol. The van der Waals surface area contributed by atoms with Crippen LogP contribution in [0.25, 0.3) is 0 Å². The quantitative estimate of drug-likeness (QED) is 0.517. The minimum atomic E-state index is 0.169. The van der Waals surface area contributed by atoms with E-state index in [1.165, 1.54) is 0 Å². The maximum absolute atomic E-state index is 11.8. The van der Waals surface area contributed by atoms with Gasteiger partial charge in [-0.2, -0.15) is 0 Å². The van der Waals surface area contributed by atoms with Gasteiger partial charge in [-0.25, -0.2) is 0 Å². The summed E-state index contributed by atoms with van der Waals surface area (Å²) in [5.74, 6) is 0.169. The number of hydrogen-bond acceptors (Lipinski definition) is 3. The predicted octanol–water partition coefficient (Wildman–Crippen LogP) is 3.47. The molecule has 0 saturated carbocycles. The Labute approximate surface area is 117 Å². The first-order valence-corrected chi connectivity index (χ1v) is 6.89. The van der Waals surface area contributed by atoms with E-state index in [4.69, 9.17) is 9.47 Å². The highest BCUT2D eigenvalue weighted by atomic mass is 79.9. The molecule has 0 N–H and O–H groups in total. The van der Waals surface area contributed by atoms with Crippen molar-refractivity contribution in [2.24, 2.45) is 0 Å². The van der Waals surface area contributed by atoms with Crippen molar-refractivity contribution in [2.75, 3.05) is 26.9 Å². The van der Waals surface area contributed by atoms with Crippen molar-refractivity contribution < 1.29 is 14.3 Å². The standard InChI is InChI=1S/C14H19BrO3/c1-17-9-3-11-18-10-2-4-14(16)12-5-7-13(15)8-6-12/h5-8H,2-4,9-11H2,1H3. The fraction of sp³-hybridized carbons (Fsp3) is 0.500. The van der Waals surface area contributed by atoms with Gasteiger partial charge < -0.3 is 9.47 Å². The highest BCUT2D eigenvalue weighted by Crippen LogP contribution is 2.12. The third-order valence-corrected chi connectivity index (χ3v) is 3.02. The lowest BCUT2D eigenvalue weighted by Gasteiger charge is -2.04. The molecule has 1 aromatic carbocycles. The summed E-state index contributed by atoms with van der Waals surface area (Å²) in [7, 11) is 1.68. The van der Waals surface area contributed by atoms with E-state index in [1.54, 1.807) is 7.11 Å². The molecule has 0 unspecified atom stereocenters. The fourth-order valence-corrected chi connectivity index (χ4v) is 1.79. The van der Waals surface area contributed by atoms with E-state index in [0.717, 1.165) is 29.5 Å². The number of halogens is 1. The van der Waals surface area contributed by atoms with Crippen LogP contribution < -0.4 is 0 Å². The van der Waals surface area contributed by atoms with E-state index in [0.29, 0.717) is 19.6 Å². The van der Waals surface area contributed by atoms with E-state index < -0.39 is 0 Å². The van der Waals surface area contributed by atoms with Crippen LogP contribution in [-0.4, -0.2) is 32.7 Å². The molecule has 0 amide bonds. The Morgan fingerprint density at radius 2 is 1.78 bits per heavy atom. The Bertz CT molecular complexity index is 349. The molecule has 0 heterocycles. The van der Waals surface area contributed by atoms with Crippen molar-refractivity contribution in [2.45, 2.75) is 19.3 Å². The zero-order chi connectivity index (χ0) is 13.2. The van der Waals surface area contributed by atoms with E-state index in [2.05, 4.69) is 15.9 Å². The van der Waals surface area contributed by atoms with E-state index >= 15 is 0 Å². The molecule has 0 aromatic heterocycles. The second-order valence-corrected chi connectivity index (χ2v) is 4.91. The number of benzene rings is 1. The van der Waals surface area contributed by atoms with E-state index in [9.17, 15) is 4.79 Å². The lowest BCUT2D eigenvalue weighted by atomic mass is 10.1. The average molecular weight is 315 g/mol. The Morgan fingerprint density at radius 1 is 1.11 bits per heavy atom. The number of hydrogen-bond donors (Lipinski definition) is 0. The largest absolute Gasteiger partial charge is 0.385 e. The molecule has 0 aliphatic heterocycles. The van der Waals surface area contributed by atoms with Gasteiger partial charge in [-0.1, -0.05) is 28.1 Å². The Hall–Kier alpha value is -0.710. The normalized spacial score (nSPS) is 10.6. The summed E-state index contributed by atoms with van der Waals surface area (Å²) in [4.78, 5) is 11.8. The van der Waals surface area contributed by atoms with Gasteiger partial charge in [0.1, 0.15) is 0 Å². The van der Waals surface area contributed by atoms with Gasteiger partial charge in [0.2, 0.25) is 0 Å². The van der Waals surface area contributed by atoms with Crippen molar-refractivity contribution in [1.82, 2.24) is 0 Å². The van der Waals surface area contributed by atoms with Crippen LogP contribution in [0.5, 0.6) is 0 Å². The van der Waals surface area contributed by atoms with Crippen LogP contribution in [0.4, 0.5) is 0 Å². The molecule has 100 valence electrons. The summed E-state index contributed by atoms with van der Waals surface area (Å²) < 4.78 is 11.3. The Balaban J connectivity index is 2.12. The zero-order valence-corrected chi connectivity index (χ0v) is 12.2. The first-order chi connectivity index (χ1) is 8.74. The molecule has 1 rings (SSSR count). The second kappa shape index (κ2) is 9.25. The minimum absolute atomic E-state index is 0.169. The second-order valence-electron chi connectivity index (χ2n) is 3.99. The monoisotopic (exact) mass is 314 g/mol. The molecule has 0 atom stereocenters. The van der Waals surface area contributed by atoms with Crippen LogP contribution in [0, 0.1) is 0 Å². The molecule has 0 fully saturated rings. The molecule has 0 bridgehead atoms. The Kier molecular flexibility index (Phi) is 7.89. The van der Waals surface area contributed by atoms with Crippen LogP contribution >= 0.6 is 15.9 Å².